The van der Waals surface area contributed by atoms with Crippen molar-refractivity contribution in [3.63, 3.8) is 0 Å². The van der Waals surface area contributed by atoms with E-state index in [2.05, 4.69) is 34.5 Å². The van der Waals surface area contributed by atoms with Crippen LogP contribution in [0.4, 0.5) is 0 Å². The fourth-order valence-electron chi connectivity index (χ4n) is 4.31. The lowest BCUT2D eigenvalue weighted by Gasteiger charge is -2.16. The van der Waals surface area contributed by atoms with Gasteiger partial charge in [-0.3, -0.25) is 4.90 Å². The van der Waals surface area contributed by atoms with Crippen LogP contribution in [0.5, 0.6) is 0 Å². The van der Waals surface area contributed by atoms with Gasteiger partial charge in [0.1, 0.15) is 11.3 Å². The number of fused-ring (bicyclic) bond motifs is 2. The lowest BCUT2D eigenvalue weighted by molar-refractivity contribution is 0.278. The molecule has 2 aromatic rings. The van der Waals surface area contributed by atoms with Crippen molar-refractivity contribution in [2.45, 2.75) is 32.4 Å². The third kappa shape index (κ3) is 2.39. The first-order valence-electron chi connectivity index (χ1n) is 8.21. The first kappa shape index (κ1) is 13.4. The van der Waals surface area contributed by atoms with Gasteiger partial charge in [0, 0.05) is 30.6 Å². The van der Waals surface area contributed by atoms with Crippen molar-refractivity contribution >= 4 is 11.0 Å². The van der Waals surface area contributed by atoms with Crippen LogP contribution in [0.25, 0.3) is 11.0 Å². The number of rotatable bonds is 4. The Morgan fingerprint density at radius 3 is 2.71 bits per heavy atom. The molecule has 0 amide bonds. The molecule has 2 heterocycles. The highest BCUT2D eigenvalue weighted by Crippen LogP contribution is 2.38. The maximum absolute atomic E-state index is 6.15. The number of nitrogens with zero attached hydrogens (tertiary/aromatic N) is 1. The van der Waals surface area contributed by atoms with E-state index in [-0.39, 0.29) is 0 Å². The highest BCUT2D eigenvalue weighted by atomic mass is 16.3. The summed E-state index contributed by atoms with van der Waals surface area (Å²) in [6.07, 6.45) is 4.31. The molecule has 21 heavy (non-hydrogen) atoms. The second-order valence-electron chi connectivity index (χ2n) is 6.68. The van der Waals surface area contributed by atoms with Gasteiger partial charge in [-0.15, -0.1) is 0 Å². The summed E-state index contributed by atoms with van der Waals surface area (Å²) in [6, 6.07) is 8.41. The Morgan fingerprint density at radius 2 is 1.95 bits per heavy atom. The lowest BCUT2D eigenvalue weighted by Crippen LogP contribution is -2.22. The van der Waals surface area contributed by atoms with Gasteiger partial charge in [-0.1, -0.05) is 24.6 Å². The minimum atomic E-state index is 0.882. The van der Waals surface area contributed by atoms with E-state index in [9.17, 15) is 0 Å². The van der Waals surface area contributed by atoms with Crippen molar-refractivity contribution in [3.05, 3.63) is 35.6 Å². The summed E-state index contributed by atoms with van der Waals surface area (Å²) in [5, 5.41) is 4.55. The SMILES string of the molecule is CNCc1c(CN2CC3CCCC3C2)oc2ccccc12. The quantitative estimate of drug-likeness (QED) is 0.933. The predicted octanol–water partition coefficient (Wildman–Crippen LogP) is 3.38. The van der Waals surface area contributed by atoms with E-state index in [0.717, 1.165) is 36.3 Å². The molecule has 1 N–H and O–H groups in total. The van der Waals surface area contributed by atoms with E-state index in [0.29, 0.717) is 0 Å². The summed E-state index contributed by atoms with van der Waals surface area (Å²) in [5.41, 5.74) is 2.36. The minimum Gasteiger partial charge on any atom is -0.459 e. The molecule has 2 aliphatic rings. The maximum Gasteiger partial charge on any atom is 0.134 e. The molecule has 1 aromatic carbocycles. The molecular formula is C18H24N2O. The van der Waals surface area contributed by atoms with Gasteiger partial charge in [-0.2, -0.15) is 0 Å². The lowest BCUT2D eigenvalue weighted by atomic mass is 10.0. The van der Waals surface area contributed by atoms with Crippen molar-refractivity contribution in [2.24, 2.45) is 11.8 Å². The third-order valence-electron chi connectivity index (χ3n) is 5.30. The summed E-state index contributed by atoms with van der Waals surface area (Å²) < 4.78 is 6.15. The molecule has 0 spiro atoms. The fraction of sp³-hybridized carbons (Fsp3) is 0.556. The van der Waals surface area contributed by atoms with Crippen molar-refractivity contribution in [2.75, 3.05) is 20.1 Å². The van der Waals surface area contributed by atoms with Gasteiger partial charge in [-0.25, -0.2) is 0 Å². The van der Waals surface area contributed by atoms with Crippen molar-refractivity contribution in [1.29, 1.82) is 0 Å². The van der Waals surface area contributed by atoms with Gasteiger partial charge in [0.15, 0.2) is 0 Å². The van der Waals surface area contributed by atoms with E-state index in [1.54, 1.807) is 0 Å². The molecule has 0 radical (unpaired) electrons. The Morgan fingerprint density at radius 1 is 1.19 bits per heavy atom. The monoisotopic (exact) mass is 284 g/mol. The van der Waals surface area contributed by atoms with Crippen LogP contribution in [0.2, 0.25) is 0 Å². The summed E-state index contributed by atoms with van der Waals surface area (Å²) in [7, 11) is 2.01. The topological polar surface area (TPSA) is 28.4 Å². The van der Waals surface area contributed by atoms with Gasteiger partial charge in [0.2, 0.25) is 0 Å². The zero-order valence-electron chi connectivity index (χ0n) is 12.8. The van der Waals surface area contributed by atoms with Crippen LogP contribution in [-0.4, -0.2) is 25.0 Å². The first-order valence-corrected chi connectivity index (χ1v) is 8.21. The standard InChI is InChI=1S/C18H24N2O/c1-19-9-16-15-7-2-3-8-17(15)21-18(16)12-20-10-13-5-4-6-14(13)11-20/h2-3,7-8,13-14,19H,4-6,9-12H2,1H3. The maximum atomic E-state index is 6.15. The van der Waals surface area contributed by atoms with Gasteiger partial charge in [0.25, 0.3) is 0 Å². The van der Waals surface area contributed by atoms with Crippen molar-refractivity contribution in [1.82, 2.24) is 10.2 Å². The molecule has 1 saturated heterocycles. The molecule has 2 fully saturated rings. The molecule has 0 bridgehead atoms. The number of benzene rings is 1. The molecule has 4 rings (SSSR count). The van der Waals surface area contributed by atoms with Crippen molar-refractivity contribution < 1.29 is 4.42 Å². The molecule has 1 aromatic heterocycles. The first-order chi connectivity index (χ1) is 10.3. The molecule has 112 valence electrons. The van der Waals surface area contributed by atoms with Crippen LogP contribution in [0.1, 0.15) is 30.6 Å². The zero-order chi connectivity index (χ0) is 14.2. The van der Waals surface area contributed by atoms with Gasteiger partial charge >= 0.3 is 0 Å². The van der Waals surface area contributed by atoms with Gasteiger partial charge in [-0.05, 0) is 37.8 Å². The van der Waals surface area contributed by atoms with E-state index in [4.69, 9.17) is 4.42 Å². The number of likely N-dealkylation sites (tertiary alicyclic amines) is 1. The average molecular weight is 284 g/mol. The van der Waals surface area contributed by atoms with E-state index in [1.807, 2.05) is 7.05 Å². The Labute approximate surface area is 126 Å². The van der Waals surface area contributed by atoms with Crippen LogP contribution < -0.4 is 5.32 Å². The summed E-state index contributed by atoms with van der Waals surface area (Å²) in [4.78, 5) is 2.60. The van der Waals surface area contributed by atoms with E-state index >= 15 is 0 Å². The number of hydrogen-bond acceptors (Lipinski definition) is 3. The van der Waals surface area contributed by atoms with Gasteiger partial charge in [0.05, 0.1) is 6.54 Å². The second-order valence-corrected chi connectivity index (χ2v) is 6.68. The third-order valence-corrected chi connectivity index (χ3v) is 5.30. The van der Waals surface area contributed by atoms with Gasteiger partial charge < -0.3 is 9.73 Å². The second kappa shape index (κ2) is 5.47. The van der Waals surface area contributed by atoms with E-state index < -0.39 is 0 Å². The number of para-hydroxylation sites is 1. The molecular weight excluding hydrogens is 260 g/mol. The predicted molar refractivity (Wildman–Crippen MR) is 85.1 cm³/mol. The highest BCUT2D eigenvalue weighted by molar-refractivity contribution is 5.82. The number of furan rings is 1. The Kier molecular flexibility index (Phi) is 3.48. The Bertz CT molecular complexity index is 621. The number of nitrogens with one attached hydrogen (secondary N) is 1. The molecule has 1 saturated carbocycles. The fourth-order valence-corrected chi connectivity index (χ4v) is 4.31. The zero-order valence-corrected chi connectivity index (χ0v) is 12.8. The Hall–Kier alpha value is -1.32. The molecule has 1 aliphatic heterocycles. The summed E-state index contributed by atoms with van der Waals surface area (Å²) in [6.45, 7) is 4.38. The van der Waals surface area contributed by atoms with Crippen molar-refractivity contribution in [3.8, 4) is 0 Å². The summed E-state index contributed by atoms with van der Waals surface area (Å²) >= 11 is 0. The minimum absolute atomic E-state index is 0.882. The molecule has 2 atom stereocenters. The van der Waals surface area contributed by atoms with Crippen LogP contribution >= 0.6 is 0 Å². The molecule has 2 unspecified atom stereocenters. The molecule has 3 nitrogen and oxygen atoms in total. The average Bonchev–Trinajstić information content (AvgIpc) is 3.14. The van der Waals surface area contributed by atoms with Crippen LogP contribution in [0, 0.1) is 11.8 Å². The van der Waals surface area contributed by atoms with Crippen LogP contribution in [0.3, 0.4) is 0 Å². The van der Waals surface area contributed by atoms with Crippen LogP contribution in [-0.2, 0) is 13.1 Å². The van der Waals surface area contributed by atoms with E-state index in [1.165, 1.54) is 43.3 Å². The largest absolute Gasteiger partial charge is 0.459 e. The molecule has 3 heteroatoms. The smallest absolute Gasteiger partial charge is 0.134 e. The number of hydrogen-bond donors (Lipinski definition) is 1. The normalized spacial score (nSPS) is 25.8. The van der Waals surface area contributed by atoms with Crippen LogP contribution in [0.15, 0.2) is 28.7 Å². The highest BCUT2D eigenvalue weighted by Gasteiger charge is 2.36. The molecule has 1 aliphatic carbocycles. The Balaban J connectivity index is 1.59. The summed E-state index contributed by atoms with van der Waals surface area (Å²) in [5.74, 6) is 3.05.